The van der Waals surface area contributed by atoms with Gasteiger partial charge in [0, 0.05) is 60.0 Å². The van der Waals surface area contributed by atoms with Crippen molar-refractivity contribution in [2.75, 3.05) is 13.2 Å². The highest BCUT2D eigenvalue weighted by Crippen LogP contribution is 2.55. The minimum Gasteiger partial charge on any atom is -0.490 e. The van der Waals surface area contributed by atoms with Crippen LogP contribution in [0.4, 0.5) is 5.69 Å². The fraction of sp³-hybridized carbons (Fsp3) is 0.471. The van der Waals surface area contributed by atoms with Gasteiger partial charge < -0.3 is 14.4 Å². The number of ketones is 2. The largest absolute Gasteiger partial charge is 0.490 e. The predicted molar refractivity (Wildman–Crippen MR) is 165 cm³/mol. The molecule has 2 aromatic carbocycles. The number of nitro benzene ring substituents is 1. The maximum atomic E-state index is 13.9. The smallest absolute Gasteiger partial charge is 0.269 e. The Bertz CT molecular complexity index is 1520. The van der Waals surface area contributed by atoms with Crippen LogP contribution in [0.2, 0.25) is 5.02 Å². The summed E-state index contributed by atoms with van der Waals surface area (Å²) in [7, 11) is 0. The molecule has 0 spiro atoms. The fourth-order valence-electron chi connectivity index (χ4n) is 6.84. The number of nitrogens with zero attached hydrogens (tertiary/aromatic N) is 2. The molecule has 0 fully saturated rings. The second-order valence-corrected chi connectivity index (χ2v) is 13.7. The Balaban J connectivity index is 1.63. The zero-order valence-electron chi connectivity index (χ0n) is 25.7. The molecule has 0 unspecified atom stereocenters. The van der Waals surface area contributed by atoms with Crippen molar-refractivity contribution in [2.45, 2.75) is 79.8 Å². The highest BCUT2D eigenvalue weighted by Gasteiger charge is 2.48. The van der Waals surface area contributed by atoms with Crippen LogP contribution >= 0.6 is 11.6 Å². The number of halogens is 1. The number of carbonyl (C=O) groups excluding carboxylic acids is 2. The second-order valence-electron chi connectivity index (χ2n) is 13.3. The highest BCUT2D eigenvalue weighted by atomic mass is 35.5. The van der Waals surface area contributed by atoms with Gasteiger partial charge in [-0.2, -0.15) is 0 Å². The number of nitro groups is 1. The molecule has 3 aliphatic rings. The lowest BCUT2D eigenvalue weighted by Gasteiger charge is -2.49. The van der Waals surface area contributed by atoms with Crippen molar-refractivity contribution in [1.29, 1.82) is 0 Å². The maximum Gasteiger partial charge on any atom is 0.269 e. The number of allylic oxidation sites excluding steroid dienone is 4. The van der Waals surface area contributed by atoms with Gasteiger partial charge in [0.05, 0.1) is 16.6 Å². The van der Waals surface area contributed by atoms with E-state index in [1.807, 2.05) is 13.0 Å². The van der Waals surface area contributed by atoms with Gasteiger partial charge in [0.15, 0.2) is 23.1 Å². The molecule has 0 N–H and O–H groups in total. The third-order valence-corrected chi connectivity index (χ3v) is 8.79. The van der Waals surface area contributed by atoms with Gasteiger partial charge in [-0.15, -0.1) is 0 Å². The van der Waals surface area contributed by atoms with Crippen LogP contribution in [-0.4, -0.2) is 34.5 Å². The summed E-state index contributed by atoms with van der Waals surface area (Å²) in [6.45, 7) is 13.5. The van der Waals surface area contributed by atoms with E-state index in [4.69, 9.17) is 21.1 Å². The first kappa shape index (κ1) is 30.8. The zero-order chi connectivity index (χ0) is 31.3. The molecule has 0 aromatic heterocycles. The first-order chi connectivity index (χ1) is 20.2. The number of non-ortho nitro benzene ring substituents is 1. The van der Waals surface area contributed by atoms with Crippen molar-refractivity contribution in [1.82, 2.24) is 4.90 Å². The van der Waals surface area contributed by atoms with Gasteiger partial charge in [0.25, 0.3) is 5.69 Å². The Morgan fingerprint density at radius 1 is 0.930 bits per heavy atom. The van der Waals surface area contributed by atoms with Gasteiger partial charge in [-0.25, -0.2) is 0 Å². The molecule has 2 aromatic rings. The van der Waals surface area contributed by atoms with E-state index in [0.717, 1.165) is 24.2 Å². The molecule has 0 atom stereocenters. The number of ether oxygens (including phenoxy) is 2. The molecule has 0 bridgehead atoms. The monoisotopic (exact) mass is 606 g/mol. The number of hydrogen-bond acceptors (Lipinski definition) is 7. The third kappa shape index (κ3) is 5.94. The third-order valence-electron chi connectivity index (χ3n) is 8.51. The van der Waals surface area contributed by atoms with E-state index in [1.165, 1.54) is 12.1 Å². The Morgan fingerprint density at radius 3 is 2.07 bits per heavy atom. The van der Waals surface area contributed by atoms with Crippen LogP contribution in [0.3, 0.4) is 0 Å². The standard InChI is InChI=1S/C34H39ClN2O6/c1-7-36-24-15-33(3,4)17-26(38)30(24)29(31-25(36)16-34(5,6)18-27(31)39)21-13-23(35)32(28(14-21)42-8-2)43-19-20-10-9-11-22(12-20)37(40)41/h9-14,29H,7-8,15-19H2,1-6H3. The van der Waals surface area contributed by atoms with Gasteiger partial charge >= 0.3 is 0 Å². The number of Topliss-reactive ketones (excluding diaryl/α,β-unsaturated/α-hetero) is 2. The van der Waals surface area contributed by atoms with Gasteiger partial charge in [0.2, 0.25) is 0 Å². The Morgan fingerprint density at radius 2 is 1.53 bits per heavy atom. The summed E-state index contributed by atoms with van der Waals surface area (Å²) in [6.07, 6.45) is 2.28. The van der Waals surface area contributed by atoms with Gasteiger partial charge in [-0.05, 0) is 60.8 Å². The van der Waals surface area contributed by atoms with E-state index < -0.39 is 10.8 Å². The topological polar surface area (TPSA) is 99.0 Å². The van der Waals surface area contributed by atoms with E-state index in [9.17, 15) is 19.7 Å². The average molecular weight is 607 g/mol. The molecular weight excluding hydrogens is 568 g/mol. The molecule has 1 aliphatic heterocycles. The van der Waals surface area contributed by atoms with Crippen LogP contribution in [0.5, 0.6) is 11.5 Å². The Labute approximate surface area is 257 Å². The summed E-state index contributed by atoms with van der Waals surface area (Å²) in [5, 5.41) is 11.5. The van der Waals surface area contributed by atoms with Crippen LogP contribution in [-0.2, 0) is 16.2 Å². The van der Waals surface area contributed by atoms with Gasteiger partial charge in [-0.3, -0.25) is 19.7 Å². The lowest BCUT2D eigenvalue weighted by molar-refractivity contribution is -0.384. The highest BCUT2D eigenvalue weighted by molar-refractivity contribution is 6.32. The average Bonchev–Trinajstić information content (AvgIpc) is 2.90. The molecule has 0 amide bonds. The molecule has 0 saturated carbocycles. The number of benzene rings is 2. The zero-order valence-corrected chi connectivity index (χ0v) is 26.5. The molecule has 2 aliphatic carbocycles. The molecule has 228 valence electrons. The molecule has 0 saturated heterocycles. The number of carbonyl (C=O) groups is 2. The molecule has 0 radical (unpaired) electrons. The first-order valence-corrected chi connectivity index (χ1v) is 15.3. The summed E-state index contributed by atoms with van der Waals surface area (Å²) in [5.74, 6) is 0.255. The molecule has 1 heterocycles. The number of rotatable bonds is 8. The summed E-state index contributed by atoms with van der Waals surface area (Å²) in [5.41, 5.74) is 4.26. The minimum atomic E-state index is -0.553. The fourth-order valence-corrected chi connectivity index (χ4v) is 7.11. The quantitative estimate of drug-likeness (QED) is 0.222. The summed E-state index contributed by atoms with van der Waals surface area (Å²) >= 11 is 6.88. The summed E-state index contributed by atoms with van der Waals surface area (Å²) < 4.78 is 12.1. The first-order valence-electron chi connectivity index (χ1n) is 14.9. The van der Waals surface area contributed by atoms with Gasteiger partial charge in [-0.1, -0.05) is 51.4 Å². The molecule has 5 rings (SSSR count). The molecule has 8 nitrogen and oxygen atoms in total. The Hall–Kier alpha value is -3.65. The summed E-state index contributed by atoms with van der Waals surface area (Å²) in [6, 6.07) is 9.83. The lowest BCUT2D eigenvalue weighted by Crippen LogP contribution is -2.44. The normalized spacial score (nSPS) is 19.7. The maximum absolute atomic E-state index is 13.9. The molecular formula is C34H39ClN2O6. The van der Waals surface area contributed by atoms with E-state index >= 15 is 0 Å². The Kier molecular flexibility index (Phi) is 8.20. The van der Waals surface area contributed by atoms with Crippen LogP contribution in [0, 0.1) is 20.9 Å². The van der Waals surface area contributed by atoms with Crippen LogP contribution in [0.15, 0.2) is 58.9 Å². The predicted octanol–water partition coefficient (Wildman–Crippen LogP) is 7.93. The minimum absolute atomic E-state index is 0.0280. The SMILES string of the molecule is CCOc1cc(C2C3=C(CC(C)(C)CC3=O)N(CC)C3=C2C(=O)CC(C)(C)C3)cc(Cl)c1OCc1cccc([N+](=O)[O-])c1. The van der Waals surface area contributed by atoms with Crippen LogP contribution < -0.4 is 9.47 Å². The van der Waals surface area contributed by atoms with E-state index in [-0.39, 0.29) is 39.7 Å². The van der Waals surface area contributed by atoms with Crippen molar-refractivity contribution in [3.63, 3.8) is 0 Å². The second kappa shape index (κ2) is 11.5. The van der Waals surface area contributed by atoms with E-state index in [1.54, 1.807) is 18.2 Å². The lowest BCUT2D eigenvalue weighted by atomic mass is 9.63. The van der Waals surface area contributed by atoms with Gasteiger partial charge in [0.1, 0.15) is 6.61 Å². The van der Waals surface area contributed by atoms with E-state index in [0.29, 0.717) is 59.8 Å². The van der Waals surface area contributed by atoms with Crippen molar-refractivity contribution in [3.8, 4) is 11.5 Å². The molecule has 43 heavy (non-hydrogen) atoms. The van der Waals surface area contributed by atoms with Crippen molar-refractivity contribution >= 4 is 28.9 Å². The number of hydrogen-bond donors (Lipinski definition) is 0. The van der Waals surface area contributed by atoms with Crippen molar-refractivity contribution in [2.24, 2.45) is 10.8 Å². The molecule has 9 heteroatoms. The van der Waals surface area contributed by atoms with E-state index in [2.05, 4.69) is 39.5 Å². The van der Waals surface area contributed by atoms with Crippen LogP contribution in [0.25, 0.3) is 0 Å². The van der Waals surface area contributed by atoms with Crippen LogP contribution in [0.1, 0.15) is 84.3 Å². The van der Waals surface area contributed by atoms with Crippen molar-refractivity contribution in [3.05, 3.63) is 85.2 Å². The van der Waals surface area contributed by atoms with Crippen molar-refractivity contribution < 1.29 is 24.0 Å². The summed E-state index contributed by atoms with van der Waals surface area (Å²) in [4.78, 5) is 40.9.